The van der Waals surface area contributed by atoms with E-state index in [1.807, 2.05) is 12.1 Å². The summed E-state index contributed by atoms with van der Waals surface area (Å²) in [5.74, 6) is 0.584. The molecule has 1 aromatic heterocycles. The number of nitro groups is 1. The molecule has 0 saturated carbocycles. The Morgan fingerprint density at radius 2 is 1.66 bits per heavy atom. The van der Waals surface area contributed by atoms with Crippen LogP contribution in [0.1, 0.15) is 27.0 Å². The second-order valence-corrected chi connectivity index (χ2v) is 8.13. The fourth-order valence-corrected chi connectivity index (χ4v) is 4.00. The van der Waals surface area contributed by atoms with Crippen molar-refractivity contribution in [2.24, 2.45) is 0 Å². The van der Waals surface area contributed by atoms with Gasteiger partial charge in [-0.1, -0.05) is 29.8 Å². The smallest absolute Gasteiger partial charge is 0.273 e. The summed E-state index contributed by atoms with van der Waals surface area (Å²) in [6, 6.07) is 14.8. The Kier molecular flexibility index (Phi) is 5.85. The molecule has 0 unspecified atom stereocenters. The minimum absolute atomic E-state index is 0.0336. The summed E-state index contributed by atoms with van der Waals surface area (Å²) in [6.07, 6.45) is 0. The van der Waals surface area contributed by atoms with Crippen LogP contribution in [0.3, 0.4) is 0 Å². The van der Waals surface area contributed by atoms with Crippen LogP contribution in [0.25, 0.3) is 11.3 Å². The highest BCUT2D eigenvalue weighted by Crippen LogP contribution is 2.24. The minimum atomic E-state index is -0.454. The third-order valence-electron chi connectivity index (χ3n) is 5.85. The molecule has 4 rings (SSSR count). The first-order valence-corrected chi connectivity index (χ1v) is 10.5. The van der Waals surface area contributed by atoms with Crippen molar-refractivity contribution in [1.29, 1.82) is 0 Å². The van der Waals surface area contributed by atoms with Gasteiger partial charge in [-0.05, 0) is 44.5 Å². The third-order valence-corrected chi connectivity index (χ3v) is 5.85. The lowest BCUT2D eigenvalue weighted by Crippen LogP contribution is -2.49. The average Bonchev–Trinajstić information content (AvgIpc) is 2.79. The number of benzene rings is 2. The monoisotopic (exact) mass is 431 g/mol. The van der Waals surface area contributed by atoms with Crippen LogP contribution >= 0.6 is 0 Å². The number of hydrogen-bond donors (Lipinski definition) is 0. The van der Waals surface area contributed by atoms with Gasteiger partial charge in [0, 0.05) is 48.9 Å². The molecular weight excluding hydrogens is 406 g/mol. The van der Waals surface area contributed by atoms with Crippen molar-refractivity contribution >= 4 is 17.4 Å². The van der Waals surface area contributed by atoms with Gasteiger partial charge in [-0.25, -0.2) is 0 Å². The number of anilines is 1. The van der Waals surface area contributed by atoms with Crippen molar-refractivity contribution in [3.63, 3.8) is 0 Å². The zero-order valence-corrected chi connectivity index (χ0v) is 18.4. The lowest BCUT2D eigenvalue weighted by molar-refractivity contribution is -0.385. The quantitative estimate of drug-likeness (QED) is 0.459. The van der Waals surface area contributed by atoms with E-state index in [9.17, 15) is 14.9 Å². The molecule has 1 saturated heterocycles. The van der Waals surface area contributed by atoms with Gasteiger partial charge in [-0.3, -0.25) is 14.9 Å². The maximum absolute atomic E-state index is 12.8. The summed E-state index contributed by atoms with van der Waals surface area (Å²) in [6.45, 7) is 8.07. The van der Waals surface area contributed by atoms with Gasteiger partial charge >= 0.3 is 0 Å². The van der Waals surface area contributed by atoms with E-state index in [4.69, 9.17) is 0 Å². The maximum atomic E-state index is 12.8. The van der Waals surface area contributed by atoms with E-state index < -0.39 is 4.92 Å². The number of carbonyl (C=O) groups excluding carboxylic acids is 1. The average molecular weight is 431 g/mol. The maximum Gasteiger partial charge on any atom is 0.273 e. The van der Waals surface area contributed by atoms with Gasteiger partial charge in [-0.2, -0.15) is 0 Å². The molecule has 0 radical (unpaired) electrons. The van der Waals surface area contributed by atoms with Crippen molar-refractivity contribution in [3.05, 3.63) is 80.9 Å². The molecule has 32 heavy (non-hydrogen) atoms. The third kappa shape index (κ3) is 4.30. The summed E-state index contributed by atoms with van der Waals surface area (Å²) in [5.41, 5.74) is 5.12. The SMILES string of the molecule is Cc1ccc(-c2ccc(N3CCN(C(=O)c4ccc(C)c([N+](=O)[O-])c4)CC3)nn2)c(C)c1. The molecule has 2 heterocycles. The summed E-state index contributed by atoms with van der Waals surface area (Å²) < 4.78 is 0. The molecule has 1 aliphatic rings. The predicted octanol–water partition coefficient (Wildman–Crippen LogP) is 3.94. The number of hydrogen-bond acceptors (Lipinski definition) is 6. The molecule has 1 aliphatic heterocycles. The zero-order chi connectivity index (χ0) is 22.8. The number of aromatic nitrogens is 2. The van der Waals surface area contributed by atoms with E-state index in [1.165, 1.54) is 11.6 Å². The van der Waals surface area contributed by atoms with Crippen LogP contribution in [0.15, 0.2) is 48.5 Å². The molecular formula is C24H25N5O3. The van der Waals surface area contributed by atoms with Gasteiger partial charge in [-0.15, -0.1) is 10.2 Å². The van der Waals surface area contributed by atoms with Crippen LogP contribution in [0.4, 0.5) is 11.5 Å². The highest BCUT2D eigenvalue weighted by molar-refractivity contribution is 5.95. The van der Waals surface area contributed by atoms with E-state index in [0.717, 1.165) is 22.6 Å². The topological polar surface area (TPSA) is 92.5 Å². The first-order chi connectivity index (χ1) is 15.3. The van der Waals surface area contributed by atoms with Crippen molar-refractivity contribution in [3.8, 4) is 11.3 Å². The fourth-order valence-electron chi connectivity index (χ4n) is 4.00. The Labute approximate surface area is 186 Å². The van der Waals surface area contributed by atoms with Crippen molar-refractivity contribution in [1.82, 2.24) is 15.1 Å². The Bertz CT molecular complexity index is 1170. The van der Waals surface area contributed by atoms with Gasteiger partial charge < -0.3 is 9.80 Å². The molecule has 3 aromatic rings. The number of carbonyl (C=O) groups is 1. The normalized spacial score (nSPS) is 13.8. The van der Waals surface area contributed by atoms with Crippen molar-refractivity contribution in [2.75, 3.05) is 31.1 Å². The van der Waals surface area contributed by atoms with Gasteiger partial charge in [0.25, 0.3) is 11.6 Å². The van der Waals surface area contributed by atoms with Crippen molar-refractivity contribution < 1.29 is 9.72 Å². The van der Waals surface area contributed by atoms with E-state index in [2.05, 4.69) is 47.1 Å². The van der Waals surface area contributed by atoms with Gasteiger partial charge in [0.1, 0.15) is 0 Å². The highest BCUT2D eigenvalue weighted by atomic mass is 16.6. The minimum Gasteiger partial charge on any atom is -0.352 e. The molecule has 1 fully saturated rings. The van der Waals surface area contributed by atoms with E-state index in [-0.39, 0.29) is 11.6 Å². The lowest BCUT2D eigenvalue weighted by atomic mass is 10.0. The van der Waals surface area contributed by atoms with E-state index in [1.54, 1.807) is 24.0 Å². The lowest BCUT2D eigenvalue weighted by Gasteiger charge is -2.35. The molecule has 0 bridgehead atoms. The van der Waals surface area contributed by atoms with Crippen molar-refractivity contribution in [2.45, 2.75) is 20.8 Å². The van der Waals surface area contributed by atoms with Gasteiger partial charge in [0.2, 0.25) is 0 Å². The number of nitrogens with zero attached hydrogens (tertiary/aromatic N) is 5. The Hall–Kier alpha value is -3.81. The first kappa shape index (κ1) is 21.4. The Morgan fingerprint density at radius 3 is 2.28 bits per heavy atom. The second kappa shape index (κ2) is 8.74. The van der Waals surface area contributed by atoms with Gasteiger partial charge in [0.05, 0.1) is 10.6 Å². The van der Waals surface area contributed by atoms with Crippen LogP contribution < -0.4 is 4.90 Å². The standard InChI is InChI=1S/C24H25N5O3/c1-16-4-7-20(18(3)14-16)21-8-9-23(26-25-21)27-10-12-28(13-11-27)24(30)19-6-5-17(2)22(15-19)29(31)32/h4-9,14-15H,10-13H2,1-3H3. The summed E-state index contributed by atoms with van der Waals surface area (Å²) in [4.78, 5) is 27.4. The van der Waals surface area contributed by atoms with Crippen LogP contribution in [0.2, 0.25) is 0 Å². The molecule has 8 heteroatoms. The van der Waals surface area contributed by atoms with Crippen LogP contribution in [0, 0.1) is 30.9 Å². The van der Waals surface area contributed by atoms with Crippen LogP contribution in [0.5, 0.6) is 0 Å². The Morgan fingerprint density at radius 1 is 0.906 bits per heavy atom. The number of rotatable bonds is 4. The zero-order valence-electron chi connectivity index (χ0n) is 18.4. The Balaban J connectivity index is 1.42. The molecule has 0 N–H and O–H groups in total. The number of amides is 1. The molecule has 1 amide bonds. The second-order valence-electron chi connectivity index (χ2n) is 8.13. The van der Waals surface area contributed by atoms with E-state index in [0.29, 0.717) is 37.3 Å². The molecule has 0 atom stereocenters. The molecule has 8 nitrogen and oxygen atoms in total. The number of aryl methyl sites for hydroxylation is 3. The van der Waals surface area contributed by atoms with E-state index >= 15 is 0 Å². The number of piperazine rings is 1. The number of nitro benzene ring substituents is 1. The summed E-state index contributed by atoms with van der Waals surface area (Å²) in [5, 5.41) is 20.0. The molecule has 0 spiro atoms. The summed E-state index contributed by atoms with van der Waals surface area (Å²) in [7, 11) is 0. The van der Waals surface area contributed by atoms with Crippen LogP contribution in [-0.4, -0.2) is 52.1 Å². The molecule has 2 aromatic carbocycles. The predicted molar refractivity (Wildman–Crippen MR) is 123 cm³/mol. The largest absolute Gasteiger partial charge is 0.352 e. The fraction of sp³-hybridized carbons (Fsp3) is 0.292. The molecule has 164 valence electrons. The highest BCUT2D eigenvalue weighted by Gasteiger charge is 2.25. The van der Waals surface area contributed by atoms with Gasteiger partial charge in [0.15, 0.2) is 5.82 Å². The summed E-state index contributed by atoms with van der Waals surface area (Å²) >= 11 is 0. The molecule has 0 aliphatic carbocycles. The first-order valence-electron chi connectivity index (χ1n) is 10.5. The van der Waals surface area contributed by atoms with Crippen LogP contribution in [-0.2, 0) is 0 Å².